The molecule has 0 spiro atoms. The van der Waals surface area contributed by atoms with Crippen LogP contribution in [0.25, 0.3) is 0 Å². The van der Waals surface area contributed by atoms with Crippen molar-refractivity contribution in [3.63, 3.8) is 0 Å². The molecule has 1 rings (SSSR count). The summed E-state index contributed by atoms with van der Waals surface area (Å²) < 4.78 is 4.30. The van der Waals surface area contributed by atoms with Gasteiger partial charge in [-0.15, -0.1) is 0 Å². The molecule has 0 saturated heterocycles. The normalized spacial score (nSPS) is 9.12. The zero-order valence-electron chi connectivity index (χ0n) is 3.97. The van der Waals surface area contributed by atoms with Crippen molar-refractivity contribution in [2.24, 2.45) is 5.84 Å². The van der Waals surface area contributed by atoms with E-state index in [0.717, 1.165) is 0 Å². The predicted molar refractivity (Wildman–Crippen MR) is 27.1 cm³/mol. The second-order valence-corrected chi connectivity index (χ2v) is 1.21. The van der Waals surface area contributed by atoms with Crippen molar-refractivity contribution in [3.05, 3.63) is 16.8 Å². The molecule has 0 bridgehead atoms. The van der Waals surface area contributed by atoms with Crippen LogP contribution in [0.4, 0.5) is 5.82 Å². The Morgan fingerprint density at radius 3 is 2.88 bits per heavy atom. The molecule has 8 heavy (non-hydrogen) atoms. The van der Waals surface area contributed by atoms with E-state index in [1.807, 2.05) is 0 Å². The van der Waals surface area contributed by atoms with Crippen molar-refractivity contribution in [2.75, 3.05) is 5.43 Å². The van der Waals surface area contributed by atoms with Gasteiger partial charge in [-0.1, -0.05) is 0 Å². The maximum absolute atomic E-state index is 10.1. The zero-order chi connectivity index (χ0) is 5.98. The number of hydrogen-bond donors (Lipinski definition) is 3. The summed E-state index contributed by atoms with van der Waals surface area (Å²) >= 11 is 0. The van der Waals surface area contributed by atoms with Crippen LogP contribution in [0, 0.1) is 0 Å². The van der Waals surface area contributed by atoms with E-state index < -0.39 is 5.76 Å². The molecule has 0 aliphatic heterocycles. The van der Waals surface area contributed by atoms with Gasteiger partial charge in [-0.2, -0.15) is 0 Å². The molecular weight excluding hydrogens is 110 g/mol. The van der Waals surface area contributed by atoms with Crippen molar-refractivity contribution in [1.29, 1.82) is 0 Å². The highest BCUT2D eigenvalue weighted by atomic mass is 16.4. The van der Waals surface area contributed by atoms with Crippen molar-refractivity contribution >= 4 is 5.82 Å². The summed E-state index contributed by atoms with van der Waals surface area (Å²) in [5.41, 5.74) is 2.20. The maximum Gasteiger partial charge on any atom is 0.417 e. The van der Waals surface area contributed by atoms with E-state index in [0.29, 0.717) is 5.82 Å². The van der Waals surface area contributed by atoms with E-state index in [-0.39, 0.29) is 0 Å². The number of nitrogens with one attached hydrogen (secondary N) is 2. The Morgan fingerprint density at radius 1 is 1.88 bits per heavy atom. The van der Waals surface area contributed by atoms with Gasteiger partial charge in [0.15, 0.2) is 5.82 Å². The quantitative estimate of drug-likeness (QED) is 0.332. The van der Waals surface area contributed by atoms with Gasteiger partial charge in [0, 0.05) is 0 Å². The lowest BCUT2D eigenvalue weighted by Gasteiger charge is -1.84. The number of anilines is 1. The third kappa shape index (κ3) is 0.710. The summed E-state index contributed by atoms with van der Waals surface area (Å²) in [7, 11) is 0. The summed E-state index contributed by atoms with van der Waals surface area (Å²) in [4.78, 5) is 12.4. The Kier molecular flexibility index (Phi) is 1.05. The van der Waals surface area contributed by atoms with Crippen LogP contribution in [-0.2, 0) is 0 Å². The van der Waals surface area contributed by atoms with Gasteiger partial charge in [-0.3, -0.25) is 4.98 Å². The lowest BCUT2D eigenvalue weighted by atomic mass is 10.8. The number of nitrogens with two attached hydrogens (primary N) is 1. The maximum atomic E-state index is 10.1. The summed E-state index contributed by atoms with van der Waals surface area (Å²) in [6, 6.07) is 0. The Labute approximate surface area is 44.5 Å². The first-order chi connectivity index (χ1) is 3.83. The summed E-state index contributed by atoms with van der Waals surface area (Å²) in [6.07, 6.45) is 1.20. The minimum absolute atomic E-state index is 0.370. The van der Waals surface area contributed by atoms with Crippen LogP contribution in [0.3, 0.4) is 0 Å². The highest BCUT2D eigenvalue weighted by Gasteiger charge is 1.89. The number of oxazole rings is 1. The molecule has 1 heterocycles. The summed E-state index contributed by atoms with van der Waals surface area (Å²) in [5.74, 6) is 4.74. The standard InChI is InChI=1S/C3H5N3O2/c4-6-2-1-8-3(7)5-2/h1,6H,4H2,(H,5,7). The van der Waals surface area contributed by atoms with Crippen molar-refractivity contribution in [1.82, 2.24) is 4.98 Å². The summed E-state index contributed by atoms with van der Waals surface area (Å²) in [6.45, 7) is 0. The monoisotopic (exact) mass is 115 g/mol. The highest BCUT2D eigenvalue weighted by molar-refractivity contribution is 5.25. The number of rotatable bonds is 1. The van der Waals surface area contributed by atoms with Gasteiger partial charge in [0.2, 0.25) is 0 Å². The average Bonchev–Trinajstić information content (AvgIpc) is 2.14. The Hall–Kier alpha value is -1.23. The number of hydrogen-bond acceptors (Lipinski definition) is 4. The fraction of sp³-hybridized carbons (Fsp3) is 0. The molecule has 0 fully saturated rings. The first kappa shape index (κ1) is 4.92. The number of H-pyrrole nitrogens is 1. The third-order valence-electron chi connectivity index (χ3n) is 0.676. The molecule has 0 radical (unpaired) electrons. The average molecular weight is 115 g/mol. The predicted octanol–water partition coefficient (Wildman–Crippen LogP) is -0.747. The second-order valence-electron chi connectivity index (χ2n) is 1.21. The van der Waals surface area contributed by atoms with Crippen LogP contribution < -0.4 is 17.0 Å². The van der Waals surface area contributed by atoms with Gasteiger partial charge < -0.3 is 9.84 Å². The van der Waals surface area contributed by atoms with Gasteiger partial charge >= 0.3 is 5.76 Å². The topological polar surface area (TPSA) is 84.0 Å². The SMILES string of the molecule is NNc1coc(=O)[nH]1. The smallest absolute Gasteiger partial charge is 0.414 e. The van der Waals surface area contributed by atoms with E-state index in [1.165, 1.54) is 6.26 Å². The van der Waals surface area contributed by atoms with Gasteiger partial charge in [-0.05, 0) is 0 Å². The number of aromatic nitrogens is 1. The lowest BCUT2D eigenvalue weighted by Crippen LogP contribution is -2.08. The van der Waals surface area contributed by atoms with Crippen molar-refractivity contribution in [3.8, 4) is 0 Å². The Balaban J connectivity index is 3.01. The minimum atomic E-state index is -0.516. The molecule has 5 heteroatoms. The van der Waals surface area contributed by atoms with E-state index in [2.05, 4.69) is 14.8 Å². The summed E-state index contributed by atoms with van der Waals surface area (Å²) in [5, 5.41) is 0. The molecular formula is C3H5N3O2. The van der Waals surface area contributed by atoms with E-state index in [9.17, 15) is 4.79 Å². The van der Waals surface area contributed by atoms with Crippen LogP contribution in [0.1, 0.15) is 0 Å². The van der Waals surface area contributed by atoms with Crippen molar-refractivity contribution in [2.45, 2.75) is 0 Å². The molecule has 0 unspecified atom stereocenters. The van der Waals surface area contributed by atoms with Gasteiger partial charge in [0.1, 0.15) is 6.26 Å². The van der Waals surface area contributed by atoms with Gasteiger partial charge in [-0.25, -0.2) is 10.6 Å². The molecule has 0 saturated carbocycles. The molecule has 0 amide bonds. The number of nitrogen functional groups attached to an aromatic ring is 1. The Morgan fingerprint density at radius 2 is 2.62 bits per heavy atom. The minimum Gasteiger partial charge on any atom is -0.414 e. The van der Waals surface area contributed by atoms with E-state index in [4.69, 9.17) is 5.84 Å². The second kappa shape index (κ2) is 1.71. The first-order valence-corrected chi connectivity index (χ1v) is 1.97. The first-order valence-electron chi connectivity index (χ1n) is 1.97. The number of hydrazine groups is 1. The van der Waals surface area contributed by atoms with Crippen LogP contribution in [-0.4, -0.2) is 4.98 Å². The fourth-order valence-electron chi connectivity index (χ4n) is 0.351. The van der Waals surface area contributed by atoms with Gasteiger partial charge in [0.25, 0.3) is 0 Å². The van der Waals surface area contributed by atoms with Crippen LogP contribution >= 0.6 is 0 Å². The molecule has 1 aromatic heterocycles. The molecule has 1 aromatic rings. The zero-order valence-corrected chi connectivity index (χ0v) is 3.97. The fourth-order valence-corrected chi connectivity index (χ4v) is 0.351. The largest absolute Gasteiger partial charge is 0.417 e. The van der Waals surface area contributed by atoms with Crippen LogP contribution in [0.5, 0.6) is 0 Å². The third-order valence-corrected chi connectivity index (χ3v) is 0.676. The Bertz CT molecular complexity index is 212. The van der Waals surface area contributed by atoms with E-state index >= 15 is 0 Å². The van der Waals surface area contributed by atoms with Gasteiger partial charge in [0.05, 0.1) is 0 Å². The number of aromatic amines is 1. The van der Waals surface area contributed by atoms with Crippen LogP contribution in [0.2, 0.25) is 0 Å². The molecule has 4 N–H and O–H groups in total. The molecule has 0 atom stereocenters. The van der Waals surface area contributed by atoms with Crippen molar-refractivity contribution < 1.29 is 4.42 Å². The van der Waals surface area contributed by atoms with Crippen LogP contribution in [0.15, 0.2) is 15.5 Å². The van der Waals surface area contributed by atoms with E-state index in [1.54, 1.807) is 0 Å². The highest BCUT2D eigenvalue weighted by Crippen LogP contribution is 1.90. The molecule has 44 valence electrons. The molecule has 0 aliphatic carbocycles. The lowest BCUT2D eigenvalue weighted by molar-refractivity contribution is 0.515. The molecule has 0 aromatic carbocycles. The molecule has 0 aliphatic rings. The molecule has 5 nitrogen and oxygen atoms in total.